The summed E-state index contributed by atoms with van der Waals surface area (Å²) >= 11 is 1.55. The van der Waals surface area contributed by atoms with Crippen molar-refractivity contribution < 1.29 is 14.3 Å². The van der Waals surface area contributed by atoms with Gasteiger partial charge in [-0.15, -0.1) is 11.3 Å². The fourth-order valence-electron chi connectivity index (χ4n) is 1.85. The Morgan fingerprint density at radius 3 is 2.73 bits per heavy atom. The van der Waals surface area contributed by atoms with Gasteiger partial charge in [0.15, 0.2) is 6.61 Å². The van der Waals surface area contributed by atoms with Crippen molar-refractivity contribution in [3.63, 3.8) is 0 Å². The van der Waals surface area contributed by atoms with Gasteiger partial charge in [0.2, 0.25) is 5.88 Å². The number of thiophene rings is 1. The first-order valence-corrected chi connectivity index (χ1v) is 7.64. The van der Waals surface area contributed by atoms with E-state index in [1.165, 1.54) is 6.33 Å². The van der Waals surface area contributed by atoms with E-state index in [1.807, 2.05) is 13.8 Å². The van der Waals surface area contributed by atoms with Gasteiger partial charge in [0.25, 0.3) is 5.91 Å². The molecule has 0 saturated heterocycles. The van der Waals surface area contributed by atoms with Crippen molar-refractivity contribution in [2.24, 2.45) is 0 Å². The highest BCUT2D eigenvalue weighted by molar-refractivity contribution is 7.18. The number of urea groups is 1. The number of carbonyl (C=O) groups is 2. The molecule has 0 unspecified atom stereocenters. The van der Waals surface area contributed by atoms with E-state index in [4.69, 9.17) is 4.74 Å². The van der Waals surface area contributed by atoms with Crippen LogP contribution in [0.3, 0.4) is 0 Å². The Balaban J connectivity index is 2.03. The maximum Gasteiger partial charge on any atom is 0.321 e. The molecule has 0 radical (unpaired) electrons. The van der Waals surface area contributed by atoms with Crippen molar-refractivity contribution in [2.45, 2.75) is 33.7 Å². The monoisotopic (exact) mass is 322 g/mol. The van der Waals surface area contributed by atoms with Crippen LogP contribution in [0.4, 0.5) is 4.79 Å². The molecule has 0 saturated carbocycles. The fraction of sp³-hybridized carbons (Fsp3) is 0.429. The molecule has 0 spiro atoms. The number of nitrogens with zero attached hydrogens (tertiary/aromatic N) is 2. The smallest absolute Gasteiger partial charge is 0.321 e. The Morgan fingerprint density at radius 1 is 1.32 bits per heavy atom. The third kappa shape index (κ3) is 3.70. The van der Waals surface area contributed by atoms with Gasteiger partial charge < -0.3 is 10.1 Å². The largest absolute Gasteiger partial charge is 0.467 e. The Labute approximate surface area is 132 Å². The molecule has 2 aromatic rings. The van der Waals surface area contributed by atoms with E-state index in [9.17, 15) is 9.59 Å². The third-order valence-electron chi connectivity index (χ3n) is 2.94. The van der Waals surface area contributed by atoms with E-state index in [0.29, 0.717) is 5.88 Å². The zero-order valence-corrected chi connectivity index (χ0v) is 13.7. The number of fused-ring (bicyclic) bond motifs is 1. The summed E-state index contributed by atoms with van der Waals surface area (Å²) in [6, 6.07) is -0.592. The number of amides is 3. The van der Waals surface area contributed by atoms with Gasteiger partial charge in [-0.1, -0.05) is 0 Å². The molecule has 0 atom stereocenters. The number of aromatic nitrogens is 2. The minimum absolute atomic E-state index is 0.0494. The highest BCUT2D eigenvalue weighted by Crippen LogP contribution is 2.33. The lowest BCUT2D eigenvalue weighted by Gasteiger charge is -2.10. The summed E-state index contributed by atoms with van der Waals surface area (Å²) in [6.07, 6.45) is 1.40. The third-order valence-corrected chi connectivity index (χ3v) is 4.06. The molecule has 7 nitrogen and oxygen atoms in total. The summed E-state index contributed by atoms with van der Waals surface area (Å²) in [7, 11) is 0. The van der Waals surface area contributed by atoms with E-state index in [1.54, 1.807) is 25.2 Å². The molecule has 8 heteroatoms. The van der Waals surface area contributed by atoms with E-state index in [0.717, 1.165) is 20.7 Å². The number of hydrogen-bond donors (Lipinski definition) is 2. The minimum atomic E-state index is -0.543. The van der Waals surface area contributed by atoms with E-state index < -0.39 is 11.9 Å². The molecule has 2 aromatic heterocycles. The summed E-state index contributed by atoms with van der Waals surface area (Å²) in [5.41, 5.74) is 1.04. The van der Waals surface area contributed by atoms with E-state index in [2.05, 4.69) is 20.6 Å². The maximum absolute atomic E-state index is 11.7. The SMILES string of the molecule is Cc1sc2ncnc(OCC(=O)NC(=O)NC(C)C)c2c1C. The standard InChI is InChI=1S/C14H18N4O3S/c1-7(2)17-14(20)18-10(19)5-21-12-11-8(3)9(4)22-13(11)16-6-15-12/h6-7H,5H2,1-4H3,(H2,17,18,19,20). The minimum Gasteiger partial charge on any atom is -0.467 e. The van der Waals surface area contributed by atoms with Crippen LogP contribution < -0.4 is 15.4 Å². The average molecular weight is 322 g/mol. The number of ether oxygens (including phenoxy) is 1. The number of carbonyl (C=O) groups excluding carboxylic acids is 2. The second-order valence-corrected chi connectivity index (χ2v) is 6.31. The first kappa shape index (κ1) is 16.2. The fourth-order valence-corrected chi connectivity index (χ4v) is 2.84. The van der Waals surface area contributed by atoms with Crippen LogP contribution in [0.1, 0.15) is 24.3 Å². The number of imide groups is 1. The molecule has 0 bridgehead atoms. The maximum atomic E-state index is 11.7. The Bertz CT molecular complexity index is 711. The van der Waals surface area contributed by atoms with Crippen molar-refractivity contribution in [1.29, 1.82) is 0 Å². The van der Waals surface area contributed by atoms with Crippen LogP contribution in [0.2, 0.25) is 0 Å². The quantitative estimate of drug-likeness (QED) is 0.897. The highest BCUT2D eigenvalue weighted by Gasteiger charge is 2.15. The van der Waals surface area contributed by atoms with Gasteiger partial charge in [-0.2, -0.15) is 0 Å². The van der Waals surface area contributed by atoms with Gasteiger partial charge in [-0.05, 0) is 33.3 Å². The second-order valence-electron chi connectivity index (χ2n) is 5.11. The topological polar surface area (TPSA) is 93.2 Å². The first-order chi connectivity index (χ1) is 10.4. The normalized spacial score (nSPS) is 10.8. The van der Waals surface area contributed by atoms with Crippen LogP contribution in [0.15, 0.2) is 6.33 Å². The van der Waals surface area contributed by atoms with Crippen LogP contribution in [-0.2, 0) is 4.79 Å². The van der Waals surface area contributed by atoms with Gasteiger partial charge in [0.05, 0.1) is 5.39 Å². The molecule has 0 fully saturated rings. The number of aryl methyl sites for hydroxylation is 2. The van der Waals surface area contributed by atoms with Gasteiger partial charge >= 0.3 is 6.03 Å². The van der Waals surface area contributed by atoms with Crippen molar-refractivity contribution in [3.8, 4) is 5.88 Å². The summed E-state index contributed by atoms with van der Waals surface area (Å²) in [6.45, 7) is 7.28. The zero-order valence-electron chi connectivity index (χ0n) is 12.9. The predicted molar refractivity (Wildman–Crippen MR) is 84.2 cm³/mol. The van der Waals surface area contributed by atoms with Gasteiger partial charge in [0.1, 0.15) is 11.2 Å². The molecule has 22 heavy (non-hydrogen) atoms. The van der Waals surface area contributed by atoms with Crippen LogP contribution >= 0.6 is 11.3 Å². The molecule has 2 N–H and O–H groups in total. The number of hydrogen-bond acceptors (Lipinski definition) is 6. The Hall–Kier alpha value is -2.22. The summed E-state index contributed by atoms with van der Waals surface area (Å²) in [5, 5.41) is 5.57. The van der Waals surface area contributed by atoms with Gasteiger partial charge in [0, 0.05) is 10.9 Å². The molecule has 3 amide bonds. The molecular formula is C14H18N4O3S. The van der Waals surface area contributed by atoms with E-state index >= 15 is 0 Å². The first-order valence-electron chi connectivity index (χ1n) is 6.82. The number of rotatable bonds is 4. The van der Waals surface area contributed by atoms with Crippen molar-refractivity contribution in [3.05, 3.63) is 16.8 Å². The second kappa shape index (κ2) is 6.69. The lowest BCUT2D eigenvalue weighted by Crippen LogP contribution is -2.44. The molecule has 0 aliphatic carbocycles. The molecule has 0 aromatic carbocycles. The molecule has 0 aliphatic rings. The van der Waals surface area contributed by atoms with Crippen LogP contribution in [-0.4, -0.2) is 34.6 Å². The Morgan fingerprint density at radius 2 is 2.05 bits per heavy atom. The molecular weight excluding hydrogens is 304 g/mol. The molecule has 118 valence electrons. The van der Waals surface area contributed by atoms with Gasteiger partial charge in [-0.25, -0.2) is 14.8 Å². The lowest BCUT2D eigenvalue weighted by molar-refractivity contribution is -0.122. The van der Waals surface area contributed by atoms with Crippen molar-refractivity contribution in [1.82, 2.24) is 20.6 Å². The summed E-state index contributed by atoms with van der Waals surface area (Å²) in [5.74, 6) is -0.180. The predicted octanol–water partition coefficient (Wildman–Crippen LogP) is 1.92. The zero-order chi connectivity index (χ0) is 16.3. The molecule has 0 aliphatic heterocycles. The summed E-state index contributed by atoms with van der Waals surface area (Å²) in [4.78, 5) is 33.3. The van der Waals surface area contributed by atoms with Crippen LogP contribution in [0, 0.1) is 13.8 Å². The van der Waals surface area contributed by atoms with Crippen molar-refractivity contribution >= 4 is 33.5 Å². The van der Waals surface area contributed by atoms with Crippen LogP contribution in [0.25, 0.3) is 10.2 Å². The average Bonchev–Trinajstić information content (AvgIpc) is 2.71. The number of nitrogens with one attached hydrogen (secondary N) is 2. The van der Waals surface area contributed by atoms with E-state index in [-0.39, 0.29) is 12.6 Å². The summed E-state index contributed by atoms with van der Waals surface area (Å²) < 4.78 is 5.44. The van der Waals surface area contributed by atoms with Crippen molar-refractivity contribution in [2.75, 3.05) is 6.61 Å². The molecule has 2 rings (SSSR count). The van der Waals surface area contributed by atoms with Crippen LogP contribution in [0.5, 0.6) is 5.88 Å². The lowest BCUT2D eigenvalue weighted by atomic mass is 10.2. The molecule has 2 heterocycles. The highest BCUT2D eigenvalue weighted by atomic mass is 32.1. The Kier molecular flexibility index (Phi) is 4.92. The van der Waals surface area contributed by atoms with Gasteiger partial charge in [-0.3, -0.25) is 10.1 Å².